The van der Waals surface area contributed by atoms with E-state index in [0.717, 1.165) is 26.2 Å². The largest absolute Gasteiger partial charge is 0.369 e. The highest BCUT2D eigenvalue weighted by Gasteiger charge is 2.15. The predicted octanol–water partition coefficient (Wildman–Crippen LogP) is 1.11. The van der Waals surface area contributed by atoms with E-state index in [-0.39, 0.29) is 0 Å². The molecule has 1 saturated heterocycles. The lowest BCUT2D eigenvalue weighted by atomic mass is 9.95. The van der Waals surface area contributed by atoms with E-state index >= 15 is 0 Å². The number of rotatable bonds is 2. The molecule has 0 aromatic heterocycles. The van der Waals surface area contributed by atoms with Crippen molar-refractivity contribution in [3.8, 4) is 0 Å². The van der Waals surface area contributed by atoms with Gasteiger partial charge in [0.15, 0.2) is 0 Å². The van der Waals surface area contributed by atoms with E-state index in [9.17, 15) is 0 Å². The van der Waals surface area contributed by atoms with E-state index in [1.807, 2.05) is 0 Å². The van der Waals surface area contributed by atoms with Gasteiger partial charge in [-0.15, -0.1) is 0 Å². The molecule has 0 unspecified atom stereocenters. The molecule has 3 heteroatoms. The molecule has 0 atom stereocenters. The van der Waals surface area contributed by atoms with Gasteiger partial charge in [-0.25, -0.2) is 0 Å². The van der Waals surface area contributed by atoms with Crippen molar-refractivity contribution in [2.75, 3.05) is 38.1 Å². The molecule has 1 fully saturated rings. The number of piperazine rings is 1. The van der Waals surface area contributed by atoms with Crippen LogP contribution >= 0.6 is 0 Å². The van der Waals surface area contributed by atoms with Crippen LogP contribution in [0, 0.1) is 0 Å². The molecular formula is C12H17BN2. The van der Waals surface area contributed by atoms with Gasteiger partial charge in [-0.1, -0.05) is 24.5 Å². The molecular weight excluding hydrogens is 183 g/mol. The highest BCUT2D eigenvalue weighted by Crippen LogP contribution is 2.21. The van der Waals surface area contributed by atoms with Gasteiger partial charge in [-0.05, 0) is 18.7 Å². The zero-order valence-electron chi connectivity index (χ0n) is 9.32. The van der Waals surface area contributed by atoms with Crippen molar-refractivity contribution < 1.29 is 0 Å². The second-order valence-electron chi connectivity index (χ2n) is 4.12. The van der Waals surface area contributed by atoms with Crippen molar-refractivity contribution in [1.29, 1.82) is 0 Å². The lowest BCUT2D eigenvalue weighted by molar-refractivity contribution is 0.312. The third-order valence-corrected chi connectivity index (χ3v) is 3.06. The molecule has 15 heavy (non-hydrogen) atoms. The molecule has 0 saturated carbocycles. The van der Waals surface area contributed by atoms with Crippen molar-refractivity contribution in [3.05, 3.63) is 29.8 Å². The minimum absolute atomic E-state index is 0.627. The van der Waals surface area contributed by atoms with Crippen LogP contribution in [0.2, 0.25) is 0 Å². The zero-order chi connectivity index (χ0) is 10.7. The molecule has 1 aliphatic heterocycles. The zero-order valence-corrected chi connectivity index (χ0v) is 9.32. The predicted molar refractivity (Wildman–Crippen MR) is 65.6 cm³/mol. The molecule has 0 amide bonds. The second-order valence-corrected chi connectivity index (χ2v) is 4.12. The van der Waals surface area contributed by atoms with Gasteiger partial charge in [-0.2, -0.15) is 0 Å². The lowest BCUT2D eigenvalue weighted by Gasteiger charge is -2.35. The fourth-order valence-corrected chi connectivity index (χ4v) is 2.04. The fourth-order valence-electron chi connectivity index (χ4n) is 2.04. The molecule has 1 aromatic carbocycles. The average molecular weight is 200 g/mol. The first-order chi connectivity index (χ1) is 7.31. The highest BCUT2D eigenvalue weighted by atomic mass is 15.2. The Bertz CT molecular complexity index is 319. The summed E-state index contributed by atoms with van der Waals surface area (Å²) in [5.74, 6) is 0. The number of anilines is 1. The fraction of sp³-hybridized carbons (Fsp3) is 0.500. The van der Waals surface area contributed by atoms with E-state index < -0.39 is 0 Å². The maximum Gasteiger partial charge on any atom is 0.0717 e. The monoisotopic (exact) mass is 200 g/mol. The van der Waals surface area contributed by atoms with Crippen LogP contribution in [0.4, 0.5) is 5.69 Å². The maximum absolute atomic E-state index is 5.75. The standard InChI is InChI=1S/C12H17BN2/c1-14-6-8-15(9-7-14)12-5-3-2-4-11(12)10-13/h2-5H,6-10H2,1H3. The van der Waals surface area contributed by atoms with Gasteiger partial charge in [0.2, 0.25) is 0 Å². The first-order valence-corrected chi connectivity index (χ1v) is 5.52. The van der Waals surface area contributed by atoms with Crippen molar-refractivity contribution in [2.24, 2.45) is 0 Å². The van der Waals surface area contributed by atoms with Gasteiger partial charge < -0.3 is 9.80 Å². The Hall–Kier alpha value is -0.955. The summed E-state index contributed by atoms with van der Waals surface area (Å²) in [4.78, 5) is 4.80. The molecule has 1 heterocycles. The number of hydrogen-bond donors (Lipinski definition) is 0. The van der Waals surface area contributed by atoms with Crippen LogP contribution in [0.25, 0.3) is 0 Å². The Labute approximate surface area is 93.3 Å². The minimum atomic E-state index is 0.627. The average Bonchev–Trinajstić information content (AvgIpc) is 2.30. The Morgan fingerprint density at radius 1 is 1.13 bits per heavy atom. The number of nitrogens with zero attached hydrogens (tertiary/aromatic N) is 2. The molecule has 0 N–H and O–H groups in total. The summed E-state index contributed by atoms with van der Waals surface area (Å²) in [5, 5.41) is 0. The first kappa shape index (κ1) is 10.6. The molecule has 78 valence electrons. The number of hydrogen-bond acceptors (Lipinski definition) is 2. The van der Waals surface area contributed by atoms with E-state index in [0.29, 0.717) is 6.32 Å². The summed E-state index contributed by atoms with van der Waals surface area (Å²) in [6, 6.07) is 8.44. The Balaban J connectivity index is 2.15. The smallest absolute Gasteiger partial charge is 0.0717 e. The Kier molecular flexibility index (Phi) is 3.32. The molecule has 0 bridgehead atoms. The summed E-state index contributed by atoms with van der Waals surface area (Å²) in [5.41, 5.74) is 2.56. The summed E-state index contributed by atoms with van der Waals surface area (Å²) >= 11 is 0. The molecule has 2 radical (unpaired) electrons. The molecule has 2 rings (SSSR count). The second kappa shape index (κ2) is 4.71. The summed E-state index contributed by atoms with van der Waals surface area (Å²) in [7, 11) is 7.92. The van der Waals surface area contributed by atoms with Crippen LogP contribution in [0.5, 0.6) is 0 Å². The van der Waals surface area contributed by atoms with Crippen LogP contribution in [0.3, 0.4) is 0 Å². The lowest BCUT2D eigenvalue weighted by Crippen LogP contribution is -2.44. The van der Waals surface area contributed by atoms with E-state index in [1.54, 1.807) is 0 Å². The van der Waals surface area contributed by atoms with Crippen molar-refractivity contribution >= 4 is 13.5 Å². The summed E-state index contributed by atoms with van der Waals surface area (Å²) in [6.07, 6.45) is 0.627. The Morgan fingerprint density at radius 2 is 1.80 bits per heavy atom. The topological polar surface area (TPSA) is 6.48 Å². The van der Waals surface area contributed by atoms with Crippen molar-refractivity contribution in [1.82, 2.24) is 4.90 Å². The number of benzene rings is 1. The third kappa shape index (κ3) is 2.35. The van der Waals surface area contributed by atoms with Gasteiger partial charge in [0.1, 0.15) is 0 Å². The van der Waals surface area contributed by atoms with E-state index in [1.165, 1.54) is 11.3 Å². The summed E-state index contributed by atoms with van der Waals surface area (Å²) in [6.45, 7) is 4.48. The van der Waals surface area contributed by atoms with Gasteiger partial charge >= 0.3 is 0 Å². The van der Waals surface area contributed by atoms with Crippen LogP contribution in [0.1, 0.15) is 5.56 Å². The number of para-hydroxylation sites is 1. The van der Waals surface area contributed by atoms with Crippen LogP contribution in [-0.2, 0) is 6.32 Å². The van der Waals surface area contributed by atoms with Crippen molar-refractivity contribution in [2.45, 2.75) is 6.32 Å². The molecule has 1 aromatic rings. The molecule has 0 spiro atoms. The normalized spacial score (nSPS) is 18.1. The molecule has 0 aliphatic carbocycles. The van der Waals surface area contributed by atoms with Gasteiger partial charge in [0.25, 0.3) is 0 Å². The van der Waals surface area contributed by atoms with E-state index in [2.05, 4.69) is 41.1 Å². The van der Waals surface area contributed by atoms with E-state index in [4.69, 9.17) is 7.85 Å². The quantitative estimate of drug-likeness (QED) is 0.659. The Morgan fingerprint density at radius 3 is 2.47 bits per heavy atom. The van der Waals surface area contributed by atoms with Crippen LogP contribution < -0.4 is 4.90 Å². The number of likely N-dealkylation sites (N-methyl/N-ethyl adjacent to an activating group) is 1. The van der Waals surface area contributed by atoms with Crippen LogP contribution in [-0.4, -0.2) is 46.0 Å². The van der Waals surface area contributed by atoms with Gasteiger partial charge in [0.05, 0.1) is 7.85 Å². The first-order valence-electron chi connectivity index (χ1n) is 5.52. The molecule has 1 aliphatic rings. The third-order valence-electron chi connectivity index (χ3n) is 3.06. The van der Waals surface area contributed by atoms with Gasteiger partial charge in [0, 0.05) is 31.9 Å². The molecule has 2 nitrogen and oxygen atoms in total. The highest BCUT2D eigenvalue weighted by molar-refractivity contribution is 6.08. The minimum Gasteiger partial charge on any atom is -0.369 e. The SMILES string of the molecule is [B]Cc1ccccc1N1CCN(C)CC1. The maximum atomic E-state index is 5.75. The van der Waals surface area contributed by atoms with Gasteiger partial charge in [-0.3, -0.25) is 0 Å². The summed E-state index contributed by atoms with van der Waals surface area (Å²) < 4.78 is 0. The van der Waals surface area contributed by atoms with Crippen LogP contribution in [0.15, 0.2) is 24.3 Å². The van der Waals surface area contributed by atoms with Crippen molar-refractivity contribution in [3.63, 3.8) is 0 Å².